The first-order valence-electron chi connectivity index (χ1n) is 8.47. The van der Waals surface area contributed by atoms with Gasteiger partial charge in [-0.2, -0.15) is 0 Å². The van der Waals surface area contributed by atoms with E-state index in [1.807, 2.05) is 45.9 Å². The van der Waals surface area contributed by atoms with Gasteiger partial charge in [0.15, 0.2) is 0 Å². The van der Waals surface area contributed by atoms with Gasteiger partial charge in [0.05, 0.1) is 5.69 Å². The molecule has 2 aromatic carbocycles. The van der Waals surface area contributed by atoms with Gasteiger partial charge in [-0.1, -0.05) is 89.2 Å². The quantitative estimate of drug-likeness (QED) is 0.501. The molecule has 0 saturated heterocycles. The van der Waals surface area contributed by atoms with Crippen molar-refractivity contribution in [2.75, 3.05) is 0 Å². The van der Waals surface area contributed by atoms with Crippen LogP contribution in [0.25, 0.3) is 21.8 Å². The maximum absolute atomic E-state index is 4.72. The van der Waals surface area contributed by atoms with Crippen LogP contribution < -0.4 is 0 Å². The minimum Gasteiger partial charge on any atom is -0.236 e. The summed E-state index contributed by atoms with van der Waals surface area (Å²) in [5, 5.41) is 3.21. The predicted octanol–water partition coefficient (Wildman–Crippen LogP) is 7.09. The van der Waals surface area contributed by atoms with Gasteiger partial charge in [-0.25, -0.2) is 4.98 Å². The van der Waals surface area contributed by atoms with Crippen LogP contribution in [0.1, 0.15) is 40.2 Å². The van der Waals surface area contributed by atoms with Crippen LogP contribution in [-0.4, -0.2) is 4.98 Å². The van der Waals surface area contributed by atoms with Gasteiger partial charge in [-0.15, -0.1) is 11.3 Å². The van der Waals surface area contributed by atoms with E-state index in [0.717, 1.165) is 17.1 Å². The van der Waals surface area contributed by atoms with Crippen LogP contribution in [0.5, 0.6) is 0 Å². The molecule has 23 heavy (non-hydrogen) atoms. The molecule has 0 aliphatic heterocycles. The summed E-state index contributed by atoms with van der Waals surface area (Å²) in [6.45, 7) is 10.2. The van der Waals surface area contributed by atoms with Gasteiger partial charge in [0.2, 0.25) is 0 Å². The summed E-state index contributed by atoms with van der Waals surface area (Å²) in [6.07, 6.45) is 1.08. The van der Waals surface area contributed by atoms with Crippen LogP contribution in [-0.2, 0) is 6.42 Å². The first-order chi connectivity index (χ1) is 11.4. The lowest BCUT2D eigenvalue weighted by Crippen LogP contribution is -1.82. The minimum atomic E-state index is 1.06. The summed E-state index contributed by atoms with van der Waals surface area (Å²) < 4.78 is 0. The molecule has 0 saturated carbocycles. The molecule has 0 amide bonds. The number of rotatable bonds is 3. The Morgan fingerprint density at radius 1 is 0.783 bits per heavy atom. The molecular formula is C21H27NS. The van der Waals surface area contributed by atoms with Crippen molar-refractivity contribution in [3.63, 3.8) is 0 Å². The molecule has 0 unspecified atom stereocenters. The molecule has 1 aromatic heterocycles. The maximum atomic E-state index is 4.72. The second-order valence-electron chi connectivity index (χ2n) is 4.45. The van der Waals surface area contributed by atoms with E-state index in [0.29, 0.717) is 0 Å². The number of benzene rings is 2. The molecule has 1 heterocycles. The van der Waals surface area contributed by atoms with Crippen molar-refractivity contribution in [3.05, 3.63) is 65.5 Å². The Morgan fingerprint density at radius 2 is 1.39 bits per heavy atom. The van der Waals surface area contributed by atoms with E-state index in [2.05, 4.69) is 48.7 Å². The van der Waals surface area contributed by atoms with Crippen molar-refractivity contribution in [3.8, 4) is 21.8 Å². The third kappa shape index (κ3) is 5.33. The predicted molar refractivity (Wildman–Crippen MR) is 105 cm³/mol. The molecule has 3 aromatic rings. The third-order valence-corrected chi connectivity index (χ3v) is 4.07. The van der Waals surface area contributed by atoms with Crippen LogP contribution in [0.2, 0.25) is 0 Å². The van der Waals surface area contributed by atoms with Gasteiger partial charge in [-0.05, 0) is 12.0 Å². The lowest BCUT2D eigenvalue weighted by atomic mass is 10.1. The van der Waals surface area contributed by atoms with Gasteiger partial charge in [0.1, 0.15) is 5.01 Å². The zero-order chi connectivity index (χ0) is 17.1. The second-order valence-corrected chi connectivity index (χ2v) is 5.31. The van der Waals surface area contributed by atoms with Gasteiger partial charge >= 0.3 is 0 Å². The molecule has 0 bridgehead atoms. The molecule has 0 fully saturated rings. The highest BCUT2D eigenvalue weighted by atomic mass is 32.1. The van der Waals surface area contributed by atoms with Gasteiger partial charge in [0, 0.05) is 16.5 Å². The number of hydrogen-bond acceptors (Lipinski definition) is 2. The van der Waals surface area contributed by atoms with Crippen LogP contribution in [0.4, 0.5) is 0 Å². The molecule has 0 radical (unpaired) electrons. The fourth-order valence-electron chi connectivity index (χ4n) is 2.03. The summed E-state index contributed by atoms with van der Waals surface area (Å²) in [5.74, 6) is 0. The Hall–Kier alpha value is -1.93. The summed E-state index contributed by atoms with van der Waals surface area (Å²) >= 11 is 1.70. The van der Waals surface area contributed by atoms with E-state index in [-0.39, 0.29) is 0 Å². The van der Waals surface area contributed by atoms with Crippen LogP contribution in [0.3, 0.4) is 0 Å². The van der Waals surface area contributed by atoms with E-state index in [9.17, 15) is 0 Å². The van der Waals surface area contributed by atoms with Gasteiger partial charge < -0.3 is 0 Å². The monoisotopic (exact) mass is 325 g/mol. The normalized spacial score (nSPS) is 9.26. The van der Waals surface area contributed by atoms with E-state index >= 15 is 0 Å². The van der Waals surface area contributed by atoms with E-state index in [1.165, 1.54) is 16.7 Å². The SMILES string of the molecule is CC.CC.CCc1ccc(-c2csc(-c3ccccc3)n2)cc1. The van der Waals surface area contributed by atoms with E-state index < -0.39 is 0 Å². The lowest BCUT2D eigenvalue weighted by molar-refractivity contribution is 1.14. The van der Waals surface area contributed by atoms with Crippen molar-refractivity contribution in [1.82, 2.24) is 4.98 Å². The molecule has 0 spiro atoms. The summed E-state index contributed by atoms with van der Waals surface area (Å²) in [4.78, 5) is 4.72. The molecule has 2 heteroatoms. The lowest BCUT2D eigenvalue weighted by Gasteiger charge is -1.99. The van der Waals surface area contributed by atoms with Crippen LogP contribution >= 0.6 is 11.3 Å². The number of thiazole rings is 1. The average Bonchev–Trinajstić information content (AvgIpc) is 3.16. The maximum Gasteiger partial charge on any atom is 0.124 e. The Labute approximate surface area is 145 Å². The van der Waals surface area contributed by atoms with Crippen LogP contribution in [0, 0.1) is 0 Å². The highest BCUT2D eigenvalue weighted by Crippen LogP contribution is 2.28. The first-order valence-corrected chi connectivity index (χ1v) is 9.35. The zero-order valence-electron chi connectivity index (χ0n) is 14.8. The molecular weight excluding hydrogens is 298 g/mol. The number of aromatic nitrogens is 1. The Bertz CT molecular complexity index is 654. The van der Waals surface area contributed by atoms with Gasteiger partial charge in [0.25, 0.3) is 0 Å². The molecule has 0 atom stereocenters. The van der Waals surface area contributed by atoms with Crippen molar-refractivity contribution < 1.29 is 0 Å². The fourth-order valence-corrected chi connectivity index (χ4v) is 2.87. The minimum absolute atomic E-state index is 1.06. The second kappa shape index (κ2) is 10.7. The van der Waals surface area contributed by atoms with Crippen molar-refractivity contribution in [2.24, 2.45) is 0 Å². The Morgan fingerprint density at radius 3 is 1.96 bits per heavy atom. The number of aryl methyl sites for hydroxylation is 1. The molecule has 122 valence electrons. The highest BCUT2D eigenvalue weighted by molar-refractivity contribution is 7.13. The largest absolute Gasteiger partial charge is 0.236 e. The van der Waals surface area contributed by atoms with Crippen molar-refractivity contribution in [1.29, 1.82) is 0 Å². The molecule has 1 nitrogen and oxygen atoms in total. The number of nitrogens with zero attached hydrogens (tertiary/aromatic N) is 1. The summed E-state index contributed by atoms with van der Waals surface area (Å²) in [6, 6.07) is 19.0. The van der Waals surface area contributed by atoms with Crippen molar-refractivity contribution >= 4 is 11.3 Å². The molecule has 0 aliphatic carbocycles. The Balaban J connectivity index is 0.000000615. The van der Waals surface area contributed by atoms with Gasteiger partial charge in [-0.3, -0.25) is 0 Å². The standard InChI is InChI=1S/C17H15NS.2C2H6/c1-2-13-8-10-14(11-9-13)16-12-19-17(18-16)15-6-4-3-5-7-15;2*1-2/h3-12H,2H2,1H3;2*1-2H3. The first kappa shape index (κ1) is 19.1. The van der Waals surface area contributed by atoms with E-state index in [4.69, 9.17) is 4.98 Å². The van der Waals surface area contributed by atoms with E-state index in [1.54, 1.807) is 11.3 Å². The van der Waals surface area contributed by atoms with Crippen LogP contribution in [0.15, 0.2) is 60.0 Å². The van der Waals surface area contributed by atoms with Crippen molar-refractivity contribution in [2.45, 2.75) is 41.0 Å². The Kier molecular flexibility index (Phi) is 8.93. The zero-order valence-corrected chi connectivity index (χ0v) is 15.7. The highest BCUT2D eigenvalue weighted by Gasteiger charge is 2.06. The topological polar surface area (TPSA) is 12.9 Å². The molecule has 3 rings (SSSR count). The molecule has 0 aliphatic rings. The summed E-state index contributed by atoms with van der Waals surface area (Å²) in [7, 11) is 0. The molecule has 0 N–H and O–H groups in total. The average molecular weight is 326 g/mol. The third-order valence-electron chi connectivity index (χ3n) is 3.18. The number of hydrogen-bond donors (Lipinski definition) is 0. The summed E-state index contributed by atoms with van der Waals surface area (Å²) in [5.41, 5.74) is 4.80. The smallest absolute Gasteiger partial charge is 0.124 e. The fraction of sp³-hybridized carbons (Fsp3) is 0.286.